The van der Waals surface area contributed by atoms with Crippen molar-refractivity contribution in [3.05, 3.63) is 45.0 Å². The van der Waals surface area contributed by atoms with Crippen molar-refractivity contribution in [1.82, 2.24) is 15.0 Å². The van der Waals surface area contributed by atoms with E-state index in [0.717, 1.165) is 29.2 Å². The number of nitrogens with zero attached hydrogens (tertiary/aromatic N) is 4. The Balaban J connectivity index is 2.42. The van der Waals surface area contributed by atoms with E-state index in [9.17, 15) is 10.1 Å². The highest BCUT2D eigenvalue weighted by Gasteiger charge is 2.18. The molecule has 0 spiro atoms. The fourth-order valence-electron chi connectivity index (χ4n) is 1.50. The van der Waals surface area contributed by atoms with Crippen LogP contribution in [0.5, 0.6) is 0 Å². The third-order valence-corrected chi connectivity index (χ3v) is 3.27. The lowest BCUT2D eigenvalue weighted by atomic mass is 10.3. The van der Waals surface area contributed by atoms with E-state index in [1.807, 2.05) is 26.0 Å². The molecule has 2 rings (SSSR count). The molecule has 0 bridgehead atoms. The summed E-state index contributed by atoms with van der Waals surface area (Å²) in [4.78, 5) is 22.2. The van der Waals surface area contributed by atoms with E-state index in [1.165, 1.54) is 0 Å². The SMILES string of the molecule is Cc1cc(C)nc(Sc2nc(Cl)ncc2[N+](=O)[O-])c1. The van der Waals surface area contributed by atoms with Gasteiger partial charge in [0.05, 0.1) is 4.92 Å². The monoisotopic (exact) mass is 296 g/mol. The number of aryl methyl sites for hydroxylation is 2. The molecule has 0 aromatic carbocycles. The number of pyridine rings is 1. The minimum atomic E-state index is -0.540. The van der Waals surface area contributed by atoms with Gasteiger partial charge in [-0.05, 0) is 54.9 Å². The molecule has 0 aliphatic heterocycles. The van der Waals surface area contributed by atoms with Crippen molar-refractivity contribution in [1.29, 1.82) is 0 Å². The van der Waals surface area contributed by atoms with Gasteiger partial charge in [0, 0.05) is 5.69 Å². The van der Waals surface area contributed by atoms with Crippen LogP contribution in [0.15, 0.2) is 28.4 Å². The molecule has 0 saturated carbocycles. The van der Waals surface area contributed by atoms with Crippen LogP contribution in [0.1, 0.15) is 11.3 Å². The van der Waals surface area contributed by atoms with E-state index in [-0.39, 0.29) is 16.0 Å². The molecule has 2 aromatic rings. The van der Waals surface area contributed by atoms with E-state index in [0.29, 0.717) is 5.03 Å². The van der Waals surface area contributed by atoms with Crippen LogP contribution in [0, 0.1) is 24.0 Å². The maximum absolute atomic E-state index is 10.9. The smallest absolute Gasteiger partial charge is 0.258 e. The molecule has 0 radical (unpaired) electrons. The highest BCUT2D eigenvalue weighted by atomic mass is 35.5. The topological polar surface area (TPSA) is 81.8 Å². The van der Waals surface area contributed by atoms with Crippen molar-refractivity contribution in [3.8, 4) is 0 Å². The third kappa shape index (κ3) is 3.39. The van der Waals surface area contributed by atoms with Crippen LogP contribution in [-0.2, 0) is 0 Å². The molecule has 0 saturated heterocycles. The van der Waals surface area contributed by atoms with Crippen LogP contribution in [-0.4, -0.2) is 19.9 Å². The lowest BCUT2D eigenvalue weighted by Gasteiger charge is -2.04. The maximum Gasteiger partial charge on any atom is 0.320 e. The predicted octanol–water partition coefficient (Wildman–Crippen LogP) is 3.20. The second-order valence-corrected chi connectivity index (χ2v) is 5.16. The molecule has 0 aliphatic rings. The molecule has 2 heterocycles. The van der Waals surface area contributed by atoms with Crippen molar-refractivity contribution in [3.63, 3.8) is 0 Å². The molecule has 0 atom stereocenters. The second kappa shape index (κ2) is 5.50. The molecule has 19 heavy (non-hydrogen) atoms. The Morgan fingerprint density at radius 2 is 2.05 bits per heavy atom. The van der Waals surface area contributed by atoms with Gasteiger partial charge in [0.1, 0.15) is 11.2 Å². The van der Waals surface area contributed by atoms with Gasteiger partial charge in [0.15, 0.2) is 5.03 Å². The Labute approximate surface area is 118 Å². The van der Waals surface area contributed by atoms with Gasteiger partial charge in [-0.15, -0.1) is 0 Å². The van der Waals surface area contributed by atoms with Crippen LogP contribution >= 0.6 is 23.4 Å². The fraction of sp³-hybridized carbons (Fsp3) is 0.182. The summed E-state index contributed by atoms with van der Waals surface area (Å²) in [5, 5.41) is 11.7. The van der Waals surface area contributed by atoms with Gasteiger partial charge in [-0.2, -0.15) is 0 Å². The first-order valence-electron chi connectivity index (χ1n) is 5.26. The number of hydrogen-bond acceptors (Lipinski definition) is 6. The van der Waals surface area contributed by atoms with E-state index >= 15 is 0 Å². The number of hydrogen-bond donors (Lipinski definition) is 0. The Morgan fingerprint density at radius 3 is 2.68 bits per heavy atom. The van der Waals surface area contributed by atoms with E-state index in [4.69, 9.17) is 11.6 Å². The van der Waals surface area contributed by atoms with Crippen molar-refractivity contribution in [2.24, 2.45) is 0 Å². The summed E-state index contributed by atoms with van der Waals surface area (Å²) in [5.74, 6) is 0. The van der Waals surface area contributed by atoms with Crippen LogP contribution in [0.2, 0.25) is 5.28 Å². The maximum atomic E-state index is 10.9. The van der Waals surface area contributed by atoms with E-state index in [1.54, 1.807) is 0 Å². The Morgan fingerprint density at radius 1 is 1.32 bits per heavy atom. The van der Waals surface area contributed by atoms with Gasteiger partial charge >= 0.3 is 5.69 Å². The molecular weight excluding hydrogens is 288 g/mol. The first kappa shape index (κ1) is 13.7. The molecule has 0 N–H and O–H groups in total. The van der Waals surface area contributed by atoms with E-state index < -0.39 is 4.92 Å². The van der Waals surface area contributed by atoms with Crippen LogP contribution < -0.4 is 0 Å². The molecular formula is C11H9ClN4O2S. The molecule has 2 aromatic heterocycles. The first-order valence-corrected chi connectivity index (χ1v) is 6.45. The second-order valence-electron chi connectivity index (χ2n) is 3.81. The largest absolute Gasteiger partial charge is 0.320 e. The number of aromatic nitrogens is 3. The molecule has 0 unspecified atom stereocenters. The Bertz CT molecular complexity index is 630. The lowest BCUT2D eigenvalue weighted by Crippen LogP contribution is -1.96. The average Bonchev–Trinajstić information content (AvgIpc) is 2.26. The Kier molecular flexibility index (Phi) is 3.96. The van der Waals surface area contributed by atoms with Gasteiger partial charge in [-0.3, -0.25) is 10.1 Å². The Hall–Kier alpha value is -1.73. The fourth-order valence-corrected chi connectivity index (χ4v) is 2.68. The summed E-state index contributed by atoms with van der Waals surface area (Å²) in [6, 6.07) is 3.75. The van der Waals surface area contributed by atoms with Crippen molar-refractivity contribution in [2.45, 2.75) is 23.9 Å². The van der Waals surface area contributed by atoms with Gasteiger partial charge < -0.3 is 0 Å². The zero-order valence-electron chi connectivity index (χ0n) is 10.1. The highest BCUT2D eigenvalue weighted by molar-refractivity contribution is 7.99. The highest BCUT2D eigenvalue weighted by Crippen LogP contribution is 2.32. The number of nitro groups is 1. The summed E-state index contributed by atoms with van der Waals surface area (Å²) >= 11 is 6.77. The van der Waals surface area contributed by atoms with Crippen molar-refractivity contribution >= 4 is 29.1 Å². The normalized spacial score (nSPS) is 10.5. The molecule has 6 nitrogen and oxygen atoms in total. The van der Waals surface area contributed by atoms with Crippen LogP contribution in [0.4, 0.5) is 5.69 Å². The van der Waals surface area contributed by atoms with Crippen LogP contribution in [0.3, 0.4) is 0 Å². The summed E-state index contributed by atoms with van der Waals surface area (Å²) in [5.41, 5.74) is 1.68. The average molecular weight is 297 g/mol. The first-order chi connectivity index (χ1) is 8.95. The summed E-state index contributed by atoms with van der Waals surface area (Å²) in [6.45, 7) is 3.79. The number of halogens is 1. The summed E-state index contributed by atoms with van der Waals surface area (Å²) in [6.07, 6.45) is 1.10. The predicted molar refractivity (Wildman–Crippen MR) is 71.5 cm³/mol. The van der Waals surface area contributed by atoms with Gasteiger partial charge in [0.2, 0.25) is 5.28 Å². The minimum Gasteiger partial charge on any atom is -0.258 e. The molecule has 8 heteroatoms. The van der Waals surface area contributed by atoms with Crippen molar-refractivity contribution in [2.75, 3.05) is 0 Å². The quantitative estimate of drug-likeness (QED) is 0.374. The number of rotatable bonds is 3. The molecule has 0 fully saturated rings. The summed E-state index contributed by atoms with van der Waals surface area (Å²) < 4.78 is 0. The summed E-state index contributed by atoms with van der Waals surface area (Å²) in [7, 11) is 0. The third-order valence-electron chi connectivity index (χ3n) is 2.18. The molecule has 0 aliphatic carbocycles. The van der Waals surface area contributed by atoms with Crippen LogP contribution in [0.25, 0.3) is 0 Å². The zero-order chi connectivity index (χ0) is 14.0. The molecule has 98 valence electrons. The lowest BCUT2D eigenvalue weighted by molar-refractivity contribution is -0.388. The minimum absolute atomic E-state index is 0.0301. The van der Waals surface area contributed by atoms with Gasteiger partial charge in [-0.1, -0.05) is 0 Å². The zero-order valence-corrected chi connectivity index (χ0v) is 11.7. The standard InChI is InChI=1S/C11H9ClN4O2S/c1-6-3-7(2)14-9(4-6)19-10-8(16(17)18)5-13-11(12)15-10/h3-5H,1-2H3. The van der Waals surface area contributed by atoms with Gasteiger partial charge in [0.25, 0.3) is 0 Å². The van der Waals surface area contributed by atoms with E-state index in [2.05, 4.69) is 15.0 Å². The van der Waals surface area contributed by atoms with Gasteiger partial charge in [-0.25, -0.2) is 15.0 Å². The van der Waals surface area contributed by atoms with Crippen molar-refractivity contribution < 1.29 is 4.92 Å². The molecule has 0 amide bonds.